The van der Waals surface area contributed by atoms with Crippen LogP contribution >= 0.6 is 34.8 Å². The van der Waals surface area contributed by atoms with Gasteiger partial charge < -0.3 is 10.2 Å². The van der Waals surface area contributed by atoms with E-state index in [9.17, 15) is 18.0 Å². The van der Waals surface area contributed by atoms with Crippen LogP contribution in [0.25, 0.3) is 0 Å². The van der Waals surface area contributed by atoms with E-state index in [0.717, 1.165) is 33.8 Å². The van der Waals surface area contributed by atoms with Gasteiger partial charge in [0.1, 0.15) is 12.6 Å². The molecule has 1 atom stereocenters. The first kappa shape index (κ1) is 35.3. The topological polar surface area (TPSA) is 86.8 Å². The molecule has 4 aromatic carbocycles. The minimum atomic E-state index is -4.28. The van der Waals surface area contributed by atoms with Gasteiger partial charge in [0, 0.05) is 34.6 Å². The van der Waals surface area contributed by atoms with Crippen LogP contribution in [0.3, 0.4) is 0 Å². The lowest BCUT2D eigenvalue weighted by molar-refractivity contribution is -0.140. The van der Waals surface area contributed by atoms with Gasteiger partial charge in [0.05, 0.1) is 10.6 Å². The van der Waals surface area contributed by atoms with Crippen LogP contribution in [0.1, 0.15) is 36.5 Å². The fourth-order valence-corrected chi connectivity index (χ4v) is 6.93. The van der Waals surface area contributed by atoms with Crippen LogP contribution in [0, 0.1) is 6.92 Å². The van der Waals surface area contributed by atoms with E-state index in [0.29, 0.717) is 11.6 Å². The van der Waals surface area contributed by atoms with E-state index < -0.39 is 28.5 Å². The highest BCUT2D eigenvalue weighted by molar-refractivity contribution is 7.92. The monoisotopic (exact) mass is 699 g/mol. The highest BCUT2D eigenvalue weighted by Crippen LogP contribution is 2.30. The van der Waals surface area contributed by atoms with Gasteiger partial charge in [-0.25, -0.2) is 8.42 Å². The first-order chi connectivity index (χ1) is 22.0. The van der Waals surface area contributed by atoms with Crippen molar-refractivity contribution in [3.8, 4) is 0 Å². The lowest BCUT2D eigenvalue weighted by Crippen LogP contribution is -2.53. The molecule has 0 aliphatic heterocycles. The van der Waals surface area contributed by atoms with Crippen molar-refractivity contribution in [2.45, 2.75) is 50.6 Å². The van der Waals surface area contributed by atoms with Crippen molar-refractivity contribution in [2.75, 3.05) is 17.4 Å². The molecule has 46 heavy (non-hydrogen) atoms. The van der Waals surface area contributed by atoms with Crippen molar-refractivity contribution in [2.24, 2.45) is 0 Å². The minimum absolute atomic E-state index is 0.00982. The Balaban J connectivity index is 1.81. The molecule has 7 nitrogen and oxygen atoms in total. The van der Waals surface area contributed by atoms with Crippen molar-refractivity contribution >= 4 is 62.3 Å². The van der Waals surface area contributed by atoms with Crippen LogP contribution in [0.15, 0.2) is 102 Å². The van der Waals surface area contributed by atoms with Gasteiger partial charge in [-0.05, 0) is 66.9 Å². The smallest absolute Gasteiger partial charge is 0.264 e. The highest BCUT2D eigenvalue weighted by Gasteiger charge is 2.34. The number of carbonyl (C=O) groups is 2. The number of hydrogen-bond donors (Lipinski definition) is 1. The van der Waals surface area contributed by atoms with Gasteiger partial charge in [0.2, 0.25) is 11.8 Å². The number of nitrogens with zero attached hydrogens (tertiary/aromatic N) is 2. The Kier molecular flexibility index (Phi) is 12.5. The Hall–Kier alpha value is -3.56. The van der Waals surface area contributed by atoms with Crippen LogP contribution in [0.4, 0.5) is 5.69 Å². The van der Waals surface area contributed by atoms with Gasteiger partial charge in [-0.2, -0.15) is 0 Å². The first-order valence-corrected chi connectivity index (χ1v) is 17.5. The number of nitrogens with one attached hydrogen (secondary N) is 1. The fraction of sp³-hybridized carbons (Fsp3) is 0.257. The summed E-state index contributed by atoms with van der Waals surface area (Å²) in [6, 6.07) is 26.1. The molecular weight excluding hydrogens is 665 g/mol. The summed E-state index contributed by atoms with van der Waals surface area (Å²) in [5.74, 6) is -0.924. The molecule has 0 saturated heterocycles. The molecule has 0 aliphatic carbocycles. The lowest BCUT2D eigenvalue weighted by Gasteiger charge is -2.34. The van der Waals surface area contributed by atoms with Crippen molar-refractivity contribution in [1.29, 1.82) is 0 Å². The number of benzene rings is 4. The van der Waals surface area contributed by atoms with Crippen molar-refractivity contribution in [3.63, 3.8) is 0 Å². The summed E-state index contributed by atoms with van der Waals surface area (Å²) in [6.45, 7) is 3.73. The largest absolute Gasteiger partial charge is 0.354 e. The maximum atomic E-state index is 14.5. The molecule has 0 saturated carbocycles. The summed E-state index contributed by atoms with van der Waals surface area (Å²) in [4.78, 5) is 29.8. The molecule has 0 bridgehead atoms. The highest BCUT2D eigenvalue weighted by atomic mass is 35.5. The minimum Gasteiger partial charge on any atom is -0.354 e. The number of hydrogen-bond acceptors (Lipinski definition) is 4. The van der Waals surface area contributed by atoms with Crippen LogP contribution < -0.4 is 9.62 Å². The average Bonchev–Trinajstić information content (AvgIpc) is 3.02. The molecule has 0 aromatic heterocycles. The summed E-state index contributed by atoms with van der Waals surface area (Å²) in [7, 11) is -4.28. The van der Waals surface area contributed by atoms with Gasteiger partial charge >= 0.3 is 0 Å². The van der Waals surface area contributed by atoms with Crippen LogP contribution in [0.2, 0.25) is 15.1 Å². The Morgan fingerprint density at radius 1 is 0.804 bits per heavy atom. The summed E-state index contributed by atoms with van der Waals surface area (Å²) >= 11 is 18.8. The summed E-state index contributed by atoms with van der Waals surface area (Å²) in [5, 5.41) is 3.90. The molecule has 242 valence electrons. The molecule has 0 fully saturated rings. The predicted molar refractivity (Wildman–Crippen MR) is 186 cm³/mol. The molecule has 0 heterocycles. The predicted octanol–water partition coefficient (Wildman–Crippen LogP) is 7.71. The van der Waals surface area contributed by atoms with E-state index in [2.05, 4.69) is 5.32 Å². The van der Waals surface area contributed by atoms with Gasteiger partial charge in [-0.15, -0.1) is 0 Å². The maximum absolute atomic E-state index is 14.5. The summed E-state index contributed by atoms with van der Waals surface area (Å²) in [5.41, 5.74) is 2.55. The SMILES string of the molecule is CCCCNC(=O)C(Cc1ccccc1)N(Cc1ccc(Cl)cc1)C(=O)CN(c1cc(Cl)cc(Cl)c1)S(=O)(=O)c1ccc(C)cc1. The third-order valence-corrected chi connectivity index (χ3v) is 9.87. The number of amides is 2. The molecule has 4 rings (SSSR count). The van der Waals surface area contributed by atoms with E-state index in [4.69, 9.17) is 34.8 Å². The second-order valence-corrected chi connectivity index (χ2v) is 14.1. The number of sulfonamides is 1. The molecule has 4 aromatic rings. The zero-order valence-corrected chi connectivity index (χ0v) is 28.7. The first-order valence-electron chi connectivity index (χ1n) is 14.9. The second kappa shape index (κ2) is 16.3. The van der Waals surface area contributed by atoms with Gasteiger partial charge in [0.15, 0.2) is 0 Å². The maximum Gasteiger partial charge on any atom is 0.264 e. The normalized spacial score (nSPS) is 11.9. The van der Waals surface area contributed by atoms with E-state index in [-0.39, 0.29) is 39.5 Å². The number of halogens is 3. The zero-order chi connectivity index (χ0) is 33.3. The van der Waals surface area contributed by atoms with E-state index in [1.807, 2.05) is 44.2 Å². The third-order valence-electron chi connectivity index (χ3n) is 7.39. The van der Waals surface area contributed by atoms with Crippen LogP contribution in [0.5, 0.6) is 0 Å². The Morgan fingerprint density at radius 2 is 1.43 bits per heavy atom. The van der Waals surface area contributed by atoms with Crippen molar-refractivity contribution < 1.29 is 18.0 Å². The lowest BCUT2D eigenvalue weighted by atomic mass is 10.0. The van der Waals surface area contributed by atoms with Crippen molar-refractivity contribution in [1.82, 2.24) is 10.2 Å². The van der Waals surface area contributed by atoms with Crippen LogP contribution in [-0.2, 0) is 32.6 Å². The van der Waals surface area contributed by atoms with Gasteiger partial charge in [-0.3, -0.25) is 13.9 Å². The third kappa shape index (κ3) is 9.48. The quantitative estimate of drug-likeness (QED) is 0.137. The molecule has 11 heteroatoms. The second-order valence-electron chi connectivity index (χ2n) is 11.0. The number of aryl methyl sites for hydroxylation is 1. The molecule has 1 N–H and O–H groups in total. The summed E-state index contributed by atoms with van der Waals surface area (Å²) < 4.78 is 29.3. The molecular formula is C35H36Cl3N3O4S. The molecule has 0 aliphatic rings. The number of carbonyl (C=O) groups excluding carboxylic acids is 2. The molecule has 2 amide bonds. The van der Waals surface area contributed by atoms with Gasteiger partial charge in [-0.1, -0.05) is 108 Å². The van der Waals surface area contributed by atoms with Crippen molar-refractivity contribution in [3.05, 3.63) is 129 Å². The molecule has 0 radical (unpaired) electrons. The zero-order valence-electron chi connectivity index (χ0n) is 25.6. The number of anilines is 1. The Labute approximate surface area is 286 Å². The van der Waals surface area contributed by atoms with Crippen LogP contribution in [-0.4, -0.2) is 44.3 Å². The van der Waals surface area contributed by atoms with E-state index in [1.54, 1.807) is 36.4 Å². The Morgan fingerprint density at radius 3 is 2.04 bits per heavy atom. The van der Waals surface area contributed by atoms with Gasteiger partial charge in [0.25, 0.3) is 10.0 Å². The van der Waals surface area contributed by atoms with E-state index >= 15 is 0 Å². The average molecular weight is 701 g/mol. The number of unbranched alkanes of at least 4 members (excludes halogenated alkanes) is 1. The number of rotatable bonds is 14. The Bertz CT molecular complexity index is 1720. The molecule has 0 spiro atoms. The standard InChI is InChI=1S/C35H36Cl3N3O4S/c1-3-4-18-39-35(43)33(19-26-8-6-5-7-9-26)40(23-27-12-14-28(36)15-13-27)34(42)24-41(31-21-29(37)20-30(38)22-31)46(44,45)32-16-10-25(2)11-17-32/h5-17,20-22,33H,3-4,18-19,23-24H2,1-2H3,(H,39,43). The molecule has 1 unspecified atom stereocenters. The van der Waals surface area contributed by atoms with E-state index in [1.165, 1.54) is 35.2 Å². The fourth-order valence-electron chi connectivity index (χ4n) is 4.90. The summed E-state index contributed by atoms with van der Waals surface area (Å²) in [6.07, 6.45) is 1.87.